The van der Waals surface area contributed by atoms with Gasteiger partial charge in [-0.3, -0.25) is 4.79 Å². The number of ether oxygens (including phenoxy) is 1. The molecule has 0 aliphatic carbocycles. The number of ketones is 1. The third-order valence-electron chi connectivity index (χ3n) is 2.91. The molecule has 1 aromatic carbocycles. The van der Waals surface area contributed by atoms with Gasteiger partial charge in [-0.25, -0.2) is 4.79 Å². The van der Waals surface area contributed by atoms with Crippen molar-refractivity contribution < 1.29 is 29.6 Å². The van der Waals surface area contributed by atoms with Gasteiger partial charge in [0.15, 0.2) is 22.9 Å². The molecule has 0 unspecified atom stereocenters. The van der Waals surface area contributed by atoms with E-state index in [9.17, 15) is 24.9 Å². The zero-order valence-corrected chi connectivity index (χ0v) is 11.2. The van der Waals surface area contributed by atoms with E-state index in [-0.39, 0.29) is 23.7 Å². The summed E-state index contributed by atoms with van der Waals surface area (Å²) in [4.78, 5) is 23.2. The summed E-state index contributed by atoms with van der Waals surface area (Å²) in [5, 5.41) is 28.3. The molecule has 0 saturated heterocycles. The quantitative estimate of drug-likeness (QED) is 0.559. The molecule has 1 atom stereocenters. The summed E-state index contributed by atoms with van der Waals surface area (Å²) in [7, 11) is 0. The molecule has 2 rings (SSSR count). The van der Waals surface area contributed by atoms with Gasteiger partial charge >= 0.3 is 5.97 Å². The Labute approximate surface area is 120 Å². The average Bonchev–Trinajstić information content (AvgIpc) is 2.47. The van der Waals surface area contributed by atoms with Crippen LogP contribution in [0.3, 0.4) is 0 Å². The largest absolute Gasteiger partial charge is 0.504 e. The second kappa shape index (κ2) is 5.41. The number of benzene rings is 1. The van der Waals surface area contributed by atoms with E-state index in [1.807, 2.05) is 0 Å². The van der Waals surface area contributed by atoms with Crippen molar-refractivity contribution >= 4 is 17.8 Å². The van der Waals surface area contributed by atoms with Crippen LogP contribution in [0.15, 0.2) is 36.1 Å². The van der Waals surface area contributed by atoms with Crippen LogP contribution in [-0.2, 0) is 14.3 Å². The molecule has 0 fully saturated rings. The van der Waals surface area contributed by atoms with Crippen LogP contribution in [0.25, 0.3) is 6.08 Å². The van der Waals surface area contributed by atoms with Crippen molar-refractivity contribution in [1.82, 2.24) is 0 Å². The highest BCUT2D eigenvalue weighted by Crippen LogP contribution is 2.26. The zero-order valence-electron chi connectivity index (χ0n) is 11.2. The van der Waals surface area contributed by atoms with Gasteiger partial charge < -0.3 is 20.1 Å². The van der Waals surface area contributed by atoms with E-state index in [4.69, 9.17) is 4.74 Å². The number of cyclic esters (lactones) is 1. The Morgan fingerprint density at radius 1 is 1.19 bits per heavy atom. The van der Waals surface area contributed by atoms with Crippen molar-refractivity contribution in [1.29, 1.82) is 0 Å². The molecule has 1 heterocycles. The molecule has 0 bridgehead atoms. The second-order valence-electron chi connectivity index (χ2n) is 4.93. The smallest absolute Gasteiger partial charge is 0.343 e. The van der Waals surface area contributed by atoms with E-state index >= 15 is 0 Å². The maximum Gasteiger partial charge on any atom is 0.343 e. The van der Waals surface area contributed by atoms with Crippen LogP contribution in [0, 0.1) is 0 Å². The lowest BCUT2D eigenvalue weighted by molar-refractivity contribution is -0.159. The van der Waals surface area contributed by atoms with Crippen LogP contribution in [0.2, 0.25) is 0 Å². The Balaban J connectivity index is 2.22. The van der Waals surface area contributed by atoms with Gasteiger partial charge in [0.05, 0.1) is 0 Å². The summed E-state index contributed by atoms with van der Waals surface area (Å²) in [6, 6.07) is 4.14. The molecule has 0 radical (unpaired) electrons. The molecule has 0 aromatic heterocycles. The predicted octanol–water partition coefficient (Wildman–Crippen LogP) is 1.26. The minimum absolute atomic E-state index is 0.00432. The molecule has 110 valence electrons. The third kappa shape index (κ3) is 3.49. The lowest BCUT2D eigenvalue weighted by Gasteiger charge is -2.16. The van der Waals surface area contributed by atoms with E-state index in [1.165, 1.54) is 37.3 Å². The summed E-state index contributed by atoms with van der Waals surface area (Å²) in [6.45, 7) is 1.21. The molecule has 1 aromatic rings. The van der Waals surface area contributed by atoms with Gasteiger partial charge in [-0.05, 0) is 30.7 Å². The number of allylic oxidation sites excluding steroid dienone is 2. The lowest BCUT2D eigenvalue weighted by atomic mass is 10.0. The molecule has 0 amide bonds. The minimum atomic E-state index is -1.85. The van der Waals surface area contributed by atoms with Gasteiger partial charge in [-0.1, -0.05) is 12.1 Å². The normalized spacial score (nSPS) is 22.9. The van der Waals surface area contributed by atoms with Crippen LogP contribution in [0.1, 0.15) is 18.9 Å². The summed E-state index contributed by atoms with van der Waals surface area (Å²) >= 11 is 0. The van der Waals surface area contributed by atoms with Crippen molar-refractivity contribution in [2.75, 3.05) is 0 Å². The Morgan fingerprint density at radius 2 is 1.90 bits per heavy atom. The molecule has 6 nitrogen and oxygen atoms in total. The molecule has 21 heavy (non-hydrogen) atoms. The SMILES string of the molecule is C[C@]1(O)CC(=O)C=C(C=Cc2ccc(O)c(O)c2)OC1=O. The molecular formula is C15H14O6. The number of carbonyl (C=O) groups is 2. The highest BCUT2D eigenvalue weighted by molar-refractivity contribution is 5.98. The monoisotopic (exact) mass is 290 g/mol. The number of aliphatic hydroxyl groups is 1. The first-order valence-electron chi connectivity index (χ1n) is 6.17. The summed E-state index contributed by atoms with van der Waals surface area (Å²) < 4.78 is 4.93. The van der Waals surface area contributed by atoms with Gasteiger partial charge in [-0.2, -0.15) is 0 Å². The fraction of sp³-hybridized carbons (Fsp3) is 0.200. The maximum absolute atomic E-state index is 11.6. The standard InChI is InChI=1S/C15H14O6/c1-15(20)8-10(16)7-11(21-14(15)19)4-2-9-3-5-12(17)13(18)6-9/h2-7,17-18,20H,8H2,1H3/t15-/m0/s1. The second-order valence-corrected chi connectivity index (χ2v) is 4.93. The molecule has 6 heteroatoms. The summed E-state index contributed by atoms with van der Waals surface area (Å²) in [5.74, 6) is -1.88. The predicted molar refractivity (Wildman–Crippen MR) is 73.2 cm³/mol. The van der Waals surface area contributed by atoms with Crippen molar-refractivity contribution in [3.8, 4) is 11.5 Å². The fourth-order valence-electron chi connectivity index (χ4n) is 1.77. The van der Waals surface area contributed by atoms with Crippen molar-refractivity contribution in [2.45, 2.75) is 18.9 Å². The van der Waals surface area contributed by atoms with Crippen LogP contribution in [0.5, 0.6) is 11.5 Å². The first-order chi connectivity index (χ1) is 9.78. The van der Waals surface area contributed by atoms with E-state index in [0.717, 1.165) is 6.08 Å². The van der Waals surface area contributed by atoms with Gasteiger partial charge in [-0.15, -0.1) is 0 Å². The summed E-state index contributed by atoms with van der Waals surface area (Å²) in [6.07, 6.45) is 3.63. The van der Waals surface area contributed by atoms with Gasteiger partial charge in [0.25, 0.3) is 0 Å². The van der Waals surface area contributed by atoms with Crippen LogP contribution >= 0.6 is 0 Å². The Bertz CT molecular complexity index is 654. The number of carbonyl (C=O) groups excluding carboxylic acids is 2. The molecule has 1 aliphatic rings. The first kappa shape index (κ1) is 14.8. The molecule has 0 saturated carbocycles. The van der Waals surface area contributed by atoms with E-state index in [0.29, 0.717) is 5.56 Å². The van der Waals surface area contributed by atoms with Gasteiger partial charge in [0.2, 0.25) is 0 Å². The maximum atomic E-state index is 11.6. The number of hydrogen-bond donors (Lipinski definition) is 3. The zero-order chi connectivity index (χ0) is 15.6. The average molecular weight is 290 g/mol. The van der Waals surface area contributed by atoms with Gasteiger partial charge in [0.1, 0.15) is 5.76 Å². The van der Waals surface area contributed by atoms with E-state index in [1.54, 1.807) is 0 Å². The number of phenols is 2. The third-order valence-corrected chi connectivity index (χ3v) is 2.91. The first-order valence-corrected chi connectivity index (χ1v) is 6.17. The minimum Gasteiger partial charge on any atom is -0.504 e. The molecule has 1 aliphatic heterocycles. The fourth-order valence-corrected chi connectivity index (χ4v) is 1.77. The van der Waals surface area contributed by atoms with Crippen LogP contribution < -0.4 is 0 Å². The molecule has 0 spiro atoms. The number of hydrogen-bond acceptors (Lipinski definition) is 6. The number of phenolic OH excluding ortho intramolecular Hbond substituents is 2. The summed E-state index contributed by atoms with van der Waals surface area (Å²) in [5.41, 5.74) is -1.31. The van der Waals surface area contributed by atoms with Crippen LogP contribution in [0.4, 0.5) is 0 Å². The Kier molecular flexibility index (Phi) is 3.82. The topological polar surface area (TPSA) is 104 Å². The highest BCUT2D eigenvalue weighted by Gasteiger charge is 2.37. The van der Waals surface area contributed by atoms with E-state index < -0.39 is 17.4 Å². The number of rotatable bonds is 2. The Morgan fingerprint density at radius 3 is 2.57 bits per heavy atom. The van der Waals surface area contributed by atoms with Crippen molar-refractivity contribution in [2.24, 2.45) is 0 Å². The Hall–Kier alpha value is -2.60. The number of esters is 1. The molecular weight excluding hydrogens is 276 g/mol. The van der Waals surface area contributed by atoms with Crippen molar-refractivity contribution in [3.05, 3.63) is 41.7 Å². The van der Waals surface area contributed by atoms with Crippen LogP contribution in [-0.4, -0.2) is 32.7 Å². The highest BCUT2D eigenvalue weighted by atomic mass is 16.6. The van der Waals surface area contributed by atoms with Crippen molar-refractivity contribution in [3.63, 3.8) is 0 Å². The van der Waals surface area contributed by atoms with Gasteiger partial charge in [0, 0.05) is 12.5 Å². The number of aromatic hydroxyl groups is 2. The van der Waals surface area contributed by atoms with E-state index in [2.05, 4.69) is 0 Å². The lowest BCUT2D eigenvalue weighted by Crippen LogP contribution is -2.36. The molecule has 3 N–H and O–H groups in total.